The molecule has 3 rings (SSSR count). The van der Waals surface area contributed by atoms with Crippen molar-refractivity contribution in [2.24, 2.45) is 0 Å². The molecular formula is C21H20N4O5. The fraction of sp³-hybridized carbons (Fsp3) is 0.238. The van der Waals surface area contributed by atoms with Gasteiger partial charge in [-0.15, -0.1) is 0 Å². The van der Waals surface area contributed by atoms with Crippen LogP contribution in [0.5, 0.6) is 5.75 Å². The Hall–Kier alpha value is -4.06. The number of fused-ring (bicyclic) bond motifs is 1. The van der Waals surface area contributed by atoms with E-state index in [-0.39, 0.29) is 24.4 Å². The Morgan fingerprint density at radius 3 is 2.87 bits per heavy atom. The van der Waals surface area contributed by atoms with Crippen molar-refractivity contribution in [3.63, 3.8) is 0 Å². The maximum absolute atomic E-state index is 12.8. The quantitative estimate of drug-likeness (QED) is 0.492. The topological polar surface area (TPSA) is 121 Å². The number of pyridine rings is 1. The SMILES string of the molecule is COc1ccc2c(c1)C(=O)N(C[C@@H](C#Cc1c[nH]c(=O)c(C)c1)NC(=O)NC=O)C2. The Labute approximate surface area is 172 Å². The number of rotatable bonds is 5. The van der Waals surface area contributed by atoms with Gasteiger partial charge < -0.3 is 19.9 Å². The maximum atomic E-state index is 12.8. The van der Waals surface area contributed by atoms with E-state index in [2.05, 4.69) is 22.1 Å². The lowest BCUT2D eigenvalue weighted by atomic mass is 10.1. The van der Waals surface area contributed by atoms with E-state index < -0.39 is 12.1 Å². The lowest BCUT2D eigenvalue weighted by Crippen LogP contribution is -2.46. The molecule has 0 spiro atoms. The number of aromatic nitrogens is 1. The van der Waals surface area contributed by atoms with Gasteiger partial charge in [-0.25, -0.2) is 4.79 Å². The highest BCUT2D eigenvalue weighted by Crippen LogP contribution is 2.26. The molecule has 1 aromatic carbocycles. The maximum Gasteiger partial charge on any atom is 0.322 e. The van der Waals surface area contributed by atoms with Gasteiger partial charge in [-0.05, 0) is 30.7 Å². The molecule has 30 heavy (non-hydrogen) atoms. The van der Waals surface area contributed by atoms with Crippen molar-refractivity contribution in [1.82, 2.24) is 20.5 Å². The van der Waals surface area contributed by atoms with E-state index in [9.17, 15) is 19.2 Å². The van der Waals surface area contributed by atoms with Crippen molar-refractivity contribution in [1.29, 1.82) is 0 Å². The summed E-state index contributed by atoms with van der Waals surface area (Å²) in [5.74, 6) is 6.15. The third kappa shape index (κ3) is 4.67. The number of aryl methyl sites for hydroxylation is 1. The van der Waals surface area contributed by atoms with Crippen LogP contribution in [0.2, 0.25) is 0 Å². The summed E-state index contributed by atoms with van der Waals surface area (Å²) in [6.07, 6.45) is 1.72. The van der Waals surface area contributed by atoms with Gasteiger partial charge in [0.05, 0.1) is 13.7 Å². The molecule has 2 aromatic rings. The molecule has 1 aromatic heterocycles. The third-order valence-electron chi connectivity index (χ3n) is 4.57. The van der Waals surface area contributed by atoms with Crippen molar-refractivity contribution >= 4 is 18.3 Å². The summed E-state index contributed by atoms with van der Waals surface area (Å²) in [4.78, 5) is 50.8. The number of aromatic amines is 1. The van der Waals surface area contributed by atoms with Crippen LogP contribution in [0.4, 0.5) is 4.79 Å². The predicted molar refractivity (Wildman–Crippen MR) is 108 cm³/mol. The standard InChI is InChI=1S/C21H20N4O5/c1-13-7-14(9-22-19(13)27)3-5-16(24-21(29)23-12-26)11-25-10-15-4-6-17(30-2)8-18(15)20(25)28/h4,6-9,12,16H,10-11H2,1-2H3,(H,22,27)(H2,23,24,26,29)/t16-/m1/s1. The van der Waals surface area contributed by atoms with Crippen molar-refractivity contribution < 1.29 is 19.1 Å². The second kappa shape index (κ2) is 8.96. The second-order valence-electron chi connectivity index (χ2n) is 6.67. The minimum absolute atomic E-state index is 0.109. The highest BCUT2D eigenvalue weighted by molar-refractivity contribution is 5.98. The van der Waals surface area contributed by atoms with Gasteiger partial charge in [0.2, 0.25) is 6.41 Å². The molecular weight excluding hydrogens is 388 g/mol. The van der Waals surface area contributed by atoms with E-state index in [0.717, 1.165) is 5.56 Å². The van der Waals surface area contributed by atoms with Crippen LogP contribution in [-0.2, 0) is 11.3 Å². The summed E-state index contributed by atoms with van der Waals surface area (Å²) in [6, 6.07) is 5.42. The number of methoxy groups -OCH3 is 1. The van der Waals surface area contributed by atoms with Gasteiger partial charge in [-0.3, -0.25) is 19.7 Å². The Morgan fingerprint density at radius 2 is 2.17 bits per heavy atom. The van der Waals surface area contributed by atoms with E-state index in [1.54, 1.807) is 30.0 Å². The average molecular weight is 408 g/mol. The Bertz CT molecular complexity index is 1110. The number of benzene rings is 1. The molecule has 2 heterocycles. The fourth-order valence-electron chi connectivity index (χ4n) is 3.06. The van der Waals surface area contributed by atoms with Gasteiger partial charge in [-0.1, -0.05) is 17.9 Å². The highest BCUT2D eigenvalue weighted by Gasteiger charge is 2.29. The molecule has 1 aliphatic rings. The van der Waals surface area contributed by atoms with Crippen LogP contribution >= 0.6 is 0 Å². The van der Waals surface area contributed by atoms with E-state index in [1.165, 1.54) is 13.3 Å². The van der Waals surface area contributed by atoms with Crippen molar-refractivity contribution in [2.75, 3.05) is 13.7 Å². The molecule has 0 saturated carbocycles. The lowest BCUT2D eigenvalue weighted by Gasteiger charge is -2.21. The van der Waals surface area contributed by atoms with Crippen LogP contribution in [0.15, 0.2) is 35.3 Å². The van der Waals surface area contributed by atoms with Gasteiger partial charge in [0.1, 0.15) is 11.8 Å². The Balaban J connectivity index is 1.81. The molecule has 0 fully saturated rings. The first-order valence-corrected chi connectivity index (χ1v) is 9.09. The van der Waals surface area contributed by atoms with Crippen LogP contribution in [-0.4, -0.2) is 47.9 Å². The van der Waals surface area contributed by atoms with E-state index in [1.807, 2.05) is 11.4 Å². The summed E-state index contributed by atoms with van der Waals surface area (Å²) in [5.41, 5.74) is 2.23. The number of hydrogen-bond acceptors (Lipinski definition) is 5. The number of imide groups is 1. The molecule has 1 aliphatic heterocycles. The molecule has 1 atom stereocenters. The van der Waals surface area contributed by atoms with Crippen LogP contribution in [0, 0.1) is 18.8 Å². The molecule has 0 aliphatic carbocycles. The monoisotopic (exact) mass is 408 g/mol. The van der Waals surface area contributed by atoms with Gasteiger partial charge in [0.15, 0.2) is 0 Å². The van der Waals surface area contributed by atoms with E-state index >= 15 is 0 Å². The third-order valence-corrected chi connectivity index (χ3v) is 4.57. The van der Waals surface area contributed by atoms with E-state index in [0.29, 0.717) is 29.0 Å². The summed E-state index contributed by atoms with van der Waals surface area (Å²) in [5, 5.41) is 4.56. The van der Waals surface area contributed by atoms with Crippen molar-refractivity contribution in [3.05, 3.63) is 63.1 Å². The van der Waals surface area contributed by atoms with Gasteiger partial charge >= 0.3 is 6.03 Å². The van der Waals surface area contributed by atoms with Crippen LogP contribution in [0.25, 0.3) is 0 Å². The highest BCUT2D eigenvalue weighted by atomic mass is 16.5. The number of carbonyl (C=O) groups excluding carboxylic acids is 3. The lowest BCUT2D eigenvalue weighted by molar-refractivity contribution is -0.108. The largest absolute Gasteiger partial charge is 0.497 e. The van der Waals surface area contributed by atoms with Gasteiger partial charge in [0.25, 0.3) is 11.5 Å². The van der Waals surface area contributed by atoms with Crippen molar-refractivity contribution in [3.8, 4) is 17.6 Å². The summed E-state index contributed by atoms with van der Waals surface area (Å²) >= 11 is 0. The molecule has 9 nitrogen and oxygen atoms in total. The number of nitrogens with one attached hydrogen (secondary N) is 3. The minimum Gasteiger partial charge on any atom is -0.497 e. The van der Waals surface area contributed by atoms with E-state index in [4.69, 9.17) is 4.74 Å². The number of urea groups is 1. The van der Waals surface area contributed by atoms with Crippen LogP contribution in [0.1, 0.15) is 27.0 Å². The molecule has 0 radical (unpaired) electrons. The van der Waals surface area contributed by atoms with Gasteiger partial charge in [0, 0.05) is 29.4 Å². The number of H-pyrrole nitrogens is 1. The zero-order valence-corrected chi connectivity index (χ0v) is 16.4. The predicted octanol–water partition coefficient (Wildman–Crippen LogP) is 0.524. The van der Waals surface area contributed by atoms with Crippen LogP contribution < -0.4 is 20.9 Å². The first-order chi connectivity index (χ1) is 14.4. The molecule has 3 N–H and O–H groups in total. The number of amides is 4. The zero-order chi connectivity index (χ0) is 21.7. The summed E-state index contributed by atoms with van der Waals surface area (Å²) in [7, 11) is 1.53. The molecule has 0 saturated heterocycles. The molecule has 9 heteroatoms. The average Bonchev–Trinajstić information content (AvgIpc) is 3.03. The molecule has 0 unspecified atom stereocenters. The fourth-order valence-corrected chi connectivity index (χ4v) is 3.06. The number of hydrogen-bond donors (Lipinski definition) is 3. The first-order valence-electron chi connectivity index (χ1n) is 9.09. The normalized spacial score (nSPS) is 13.0. The second-order valence-corrected chi connectivity index (χ2v) is 6.67. The number of carbonyl (C=O) groups is 3. The van der Waals surface area contributed by atoms with Crippen molar-refractivity contribution in [2.45, 2.75) is 19.5 Å². The summed E-state index contributed by atoms with van der Waals surface area (Å²) in [6.45, 7) is 2.13. The molecule has 154 valence electrons. The van der Waals surface area contributed by atoms with Crippen LogP contribution in [0.3, 0.4) is 0 Å². The smallest absolute Gasteiger partial charge is 0.322 e. The number of nitrogens with zero attached hydrogens (tertiary/aromatic N) is 1. The zero-order valence-electron chi connectivity index (χ0n) is 16.4. The summed E-state index contributed by atoms with van der Waals surface area (Å²) < 4.78 is 5.17. The molecule has 4 amide bonds. The number of ether oxygens (including phenoxy) is 1. The molecule has 0 bridgehead atoms. The van der Waals surface area contributed by atoms with Gasteiger partial charge in [-0.2, -0.15) is 0 Å². The Morgan fingerprint density at radius 1 is 1.37 bits per heavy atom. The minimum atomic E-state index is -0.752. The Kier molecular flexibility index (Phi) is 6.17. The first kappa shape index (κ1) is 20.7.